The molecule has 1 aliphatic carbocycles. The molecule has 1 saturated carbocycles. The van der Waals surface area contributed by atoms with Gasteiger partial charge in [-0.1, -0.05) is 37.0 Å². The van der Waals surface area contributed by atoms with E-state index in [4.69, 9.17) is 11.2 Å². The molecule has 0 bridgehead atoms. The number of hydrogen-bond donors (Lipinski definition) is 3. The molecule has 3 amide bonds. The lowest BCUT2D eigenvalue weighted by Gasteiger charge is -2.31. The maximum absolute atomic E-state index is 12.0. The number of terminal acetylenes is 1. The number of ether oxygens (including phenoxy) is 1. The molecular weight excluding hydrogens is 318 g/mol. The normalized spacial score (nSPS) is 15.0. The third kappa shape index (κ3) is 4.90. The minimum Gasteiger partial charge on any atom is -0.496 e. The zero-order valence-corrected chi connectivity index (χ0v) is 14.6. The molecule has 0 aromatic heterocycles. The minimum atomic E-state index is -0.364. The minimum absolute atomic E-state index is 0.102. The second kappa shape index (κ2) is 8.97. The van der Waals surface area contributed by atoms with Gasteiger partial charge in [-0.05, 0) is 18.9 Å². The molecule has 1 fully saturated rings. The summed E-state index contributed by atoms with van der Waals surface area (Å²) in [6.07, 6.45) is 9.30. The number of carbonyl (C=O) groups is 2. The molecule has 0 saturated heterocycles. The fourth-order valence-electron chi connectivity index (χ4n) is 3.36. The van der Waals surface area contributed by atoms with Crippen LogP contribution in [0.15, 0.2) is 24.3 Å². The van der Waals surface area contributed by atoms with Gasteiger partial charge in [0.25, 0.3) is 0 Å². The van der Waals surface area contributed by atoms with E-state index in [2.05, 4.69) is 27.9 Å². The van der Waals surface area contributed by atoms with E-state index in [1.165, 1.54) is 0 Å². The van der Waals surface area contributed by atoms with Crippen molar-refractivity contribution in [2.24, 2.45) is 0 Å². The highest BCUT2D eigenvalue weighted by molar-refractivity contribution is 5.84. The summed E-state index contributed by atoms with van der Waals surface area (Å²) in [7, 11) is 1.66. The van der Waals surface area contributed by atoms with E-state index in [1.54, 1.807) is 7.11 Å². The van der Waals surface area contributed by atoms with Crippen LogP contribution in [0.5, 0.6) is 5.75 Å². The van der Waals surface area contributed by atoms with Crippen LogP contribution in [0.4, 0.5) is 4.79 Å². The van der Waals surface area contributed by atoms with Crippen LogP contribution in [0.2, 0.25) is 0 Å². The molecule has 0 unspecified atom stereocenters. The summed E-state index contributed by atoms with van der Waals surface area (Å²) in [5.74, 6) is 2.85. The number of nitrogens with one attached hydrogen (secondary N) is 3. The highest BCUT2D eigenvalue weighted by Gasteiger charge is 2.38. The van der Waals surface area contributed by atoms with Crippen LogP contribution in [0.3, 0.4) is 0 Å². The monoisotopic (exact) mass is 343 g/mol. The van der Waals surface area contributed by atoms with Crippen molar-refractivity contribution in [3.63, 3.8) is 0 Å². The zero-order chi connectivity index (χ0) is 18.1. The molecule has 25 heavy (non-hydrogen) atoms. The van der Waals surface area contributed by atoms with Gasteiger partial charge < -0.3 is 20.7 Å². The van der Waals surface area contributed by atoms with Crippen LogP contribution in [-0.2, 0) is 10.2 Å². The zero-order valence-electron chi connectivity index (χ0n) is 14.6. The molecule has 0 radical (unpaired) electrons. The van der Waals surface area contributed by atoms with Crippen molar-refractivity contribution in [1.29, 1.82) is 0 Å². The molecule has 2 rings (SSSR count). The summed E-state index contributed by atoms with van der Waals surface area (Å²) in [5.41, 5.74) is 0.998. The Hall–Kier alpha value is -2.68. The van der Waals surface area contributed by atoms with Crippen molar-refractivity contribution in [2.75, 3.05) is 26.7 Å². The maximum atomic E-state index is 12.0. The first-order valence-corrected chi connectivity index (χ1v) is 8.47. The predicted octanol–water partition coefficient (Wildman–Crippen LogP) is 1.56. The van der Waals surface area contributed by atoms with Crippen LogP contribution in [0.25, 0.3) is 0 Å². The Kier molecular flexibility index (Phi) is 6.70. The molecule has 0 atom stereocenters. The van der Waals surface area contributed by atoms with Crippen LogP contribution in [0.1, 0.15) is 31.2 Å². The molecule has 0 spiro atoms. The fraction of sp³-hybridized carbons (Fsp3) is 0.474. The summed E-state index contributed by atoms with van der Waals surface area (Å²) in [5, 5.41) is 7.95. The third-order valence-electron chi connectivity index (χ3n) is 4.62. The third-order valence-corrected chi connectivity index (χ3v) is 4.62. The molecular formula is C19H25N3O3. The van der Waals surface area contributed by atoms with Crippen molar-refractivity contribution < 1.29 is 14.3 Å². The topological polar surface area (TPSA) is 79.5 Å². The van der Waals surface area contributed by atoms with Crippen LogP contribution >= 0.6 is 0 Å². The summed E-state index contributed by atoms with van der Waals surface area (Å²) >= 11 is 0. The Labute approximate surface area is 148 Å². The van der Waals surface area contributed by atoms with Gasteiger partial charge in [0.1, 0.15) is 5.75 Å². The highest BCUT2D eigenvalue weighted by Crippen LogP contribution is 2.44. The maximum Gasteiger partial charge on any atom is 0.315 e. The first-order valence-electron chi connectivity index (χ1n) is 8.47. The molecule has 0 aliphatic heterocycles. The van der Waals surface area contributed by atoms with Gasteiger partial charge in [0.15, 0.2) is 0 Å². The summed E-state index contributed by atoms with van der Waals surface area (Å²) in [6, 6.07) is 7.59. The Balaban J connectivity index is 1.95. The summed E-state index contributed by atoms with van der Waals surface area (Å²) in [4.78, 5) is 23.5. The van der Waals surface area contributed by atoms with E-state index in [-0.39, 0.29) is 30.4 Å². The van der Waals surface area contributed by atoms with Crippen molar-refractivity contribution >= 4 is 11.9 Å². The SMILES string of the molecule is C#CCNC(=O)CNC(=O)NCC1(c2ccccc2OC)CCCC1. The summed E-state index contributed by atoms with van der Waals surface area (Å²) in [6.45, 7) is 0.555. The summed E-state index contributed by atoms with van der Waals surface area (Å²) < 4.78 is 5.51. The highest BCUT2D eigenvalue weighted by atomic mass is 16.5. The quantitative estimate of drug-likeness (QED) is 0.657. The first-order chi connectivity index (χ1) is 12.1. The van der Waals surface area contributed by atoms with Gasteiger partial charge in [-0.15, -0.1) is 6.42 Å². The Morgan fingerprint density at radius 3 is 2.60 bits per heavy atom. The van der Waals surface area contributed by atoms with Crippen LogP contribution in [0, 0.1) is 12.3 Å². The van der Waals surface area contributed by atoms with Gasteiger partial charge >= 0.3 is 6.03 Å². The lowest BCUT2D eigenvalue weighted by molar-refractivity contribution is -0.119. The van der Waals surface area contributed by atoms with Gasteiger partial charge in [-0.2, -0.15) is 0 Å². The van der Waals surface area contributed by atoms with Crippen LogP contribution in [-0.4, -0.2) is 38.7 Å². The molecule has 1 aromatic carbocycles. The standard InChI is InChI=1S/C19H25N3O3/c1-3-12-20-17(23)13-21-18(24)22-14-19(10-6-7-11-19)15-8-4-5-9-16(15)25-2/h1,4-5,8-9H,6-7,10-14H2,2H3,(H,20,23)(H2,21,22,24). The Bertz CT molecular complexity index is 646. The van der Waals surface area contributed by atoms with E-state index in [0.717, 1.165) is 37.0 Å². The molecule has 6 nitrogen and oxygen atoms in total. The van der Waals surface area contributed by atoms with Crippen LogP contribution < -0.4 is 20.7 Å². The Morgan fingerprint density at radius 1 is 1.20 bits per heavy atom. The number of methoxy groups -OCH3 is 1. The number of rotatable bonds is 7. The number of carbonyl (C=O) groups excluding carboxylic acids is 2. The smallest absolute Gasteiger partial charge is 0.315 e. The molecule has 1 aliphatic rings. The number of hydrogen-bond acceptors (Lipinski definition) is 3. The largest absolute Gasteiger partial charge is 0.496 e. The van der Waals surface area contributed by atoms with Crippen molar-refractivity contribution in [3.05, 3.63) is 29.8 Å². The van der Waals surface area contributed by atoms with Gasteiger partial charge in [0, 0.05) is 17.5 Å². The van der Waals surface area contributed by atoms with Crippen molar-refractivity contribution in [1.82, 2.24) is 16.0 Å². The number of amides is 3. The van der Waals surface area contributed by atoms with E-state index in [9.17, 15) is 9.59 Å². The second-order valence-electron chi connectivity index (χ2n) is 6.20. The molecule has 6 heteroatoms. The van der Waals surface area contributed by atoms with E-state index in [0.29, 0.717) is 6.54 Å². The molecule has 134 valence electrons. The number of para-hydroxylation sites is 1. The van der Waals surface area contributed by atoms with E-state index >= 15 is 0 Å². The molecule has 0 heterocycles. The van der Waals surface area contributed by atoms with Crippen molar-refractivity contribution in [3.8, 4) is 18.1 Å². The molecule has 3 N–H and O–H groups in total. The number of benzene rings is 1. The lowest BCUT2D eigenvalue weighted by atomic mass is 9.78. The average molecular weight is 343 g/mol. The fourth-order valence-corrected chi connectivity index (χ4v) is 3.36. The number of urea groups is 1. The van der Waals surface area contributed by atoms with Crippen molar-refractivity contribution in [2.45, 2.75) is 31.1 Å². The predicted molar refractivity (Wildman–Crippen MR) is 96.4 cm³/mol. The van der Waals surface area contributed by atoms with Gasteiger partial charge in [0.2, 0.25) is 5.91 Å². The lowest BCUT2D eigenvalue weighted by Crippen LogP contribution is -2.46. The van der Waals surface area contributed by atoms with Gasteiger partial charge in [0.05, 0.1) is 20.2 Å². The Morgan fingerprint density at radius 2 is 1.92 bits per heavy atom. The van der Waals surface area contributed by atoms with E-state index in [1.807, 2.05) is 18.2 Å². The second-order valence-corrected chi connectivity index (χ2v) is 6.20. The van der Waals surface area contributed by atoms with Gasteiger partial charge in [-0.25, -0.2) is 4.79 Å². The first kappa shape index (κ1) is 18.7. The average Bonchev–Trinajstić information content (AvgIpc) is 3.13. The molecule has 1 aromatic rings. The van der Waals surface area contributed by atoms with Gasteiger partial charge in [-0.3, -0.25) is 4.79 Å². The van der Waals surface area contributed by atoms with E-state index < -0.39 is 0 Å².